The summed E-state index contributed by atoms with van der Waals surface area (Å²) in [5.41, 5.74) is 2.69. The summed E-state index contributed by atoms with van der Waals surface area (Å²) >= 11 is 0. The van der Waals surface area contributed by atoms with Gasteiger partial charge in [0, 0.05) is 39.0 Å². The molecule has 0 aromatic heterocycles. The van der Waals surface area contributed by atoms with E-state index in [-0.39, 0.29) is 24.0 Å². The summed E-state index contributed by atoms with van der Waals surface area (Å²) in [6.07, 6.45) is 1.09. The lowest BCUT2D eigenvalue weighted by molar-refractivity contribution is 0.163. The SMILES string of the molecule is CCNC(=NCCN(C)CCOC)N1CCc2ccccc21.I. The standard InChI is InChI=1S/C17H28N4O.HI/c1-4-18-17(19-10-12-20(2)13-14-22-3)21-11-9-15-7-5-6-8-16(15)21;/h5-8H,4,9-14H2,1-3H3,(H,18,19);1H. The number of para-hydroxylation sites is 1. The average Bonchev–Trinajstić information content (AvgIpc) is 2.96. The van der Waals surface area contributed by atoms with Gasteiger partial charge in [-0.1, -0.05) is 18.2 Å². The van der Waals surface area contributed by atoms with E-state index in [9.17, 15) is 0 Å². The molecule has 2 rings (SSSR count). The topological polar surface area (TPSA) is 40.1 Å². The second kappa shape index (κ2) is 10.8. The maximum absolute atomic E-state index is 5.10. The van der Waals surface area contributed by atoms with Crippen molar-refractivity contribution in [3.63, 3.8) is 0 Å². The van der Waals surface area contributed by atoms with Gasteiger partial charge < -0.3 is 19.9 Å². The first-order chi connectivity index (χ1) is 10.8. The fourth-order valence-electron chi connectivity index (χ4n) is 2.64. The Morgan fingerprint density at radius 1 is 1.35 bits per heavy atom. The van der Waals surface area contributed by atoms with E-state index in [1.54, 1.807) is 7.11 Å². The number of hydrogen-bond donors (Lipinski definition) is 1. The quantitative estimate of drug-likeness (QED) is 0.408. The van der Waals surface area contributed by atoms with Gasteiger partial charge >= 0.3 is 0 Å². The van der Waals surface area contributed by atoms with Crippen molar-refractivity contribution in [3.05, 3.63) is 29.8 Å². The molecule has 130 valence electrons. The Kier molecular flexibility index (Phi) is 9.50. The van der Waals surface area contributed by atoms with Crippen LogP contribution in [-0.2, 0) is 11.2 Å². The first kappa shape index (κ1) is 20.2. The van der Waals surface area contributed by atoms with E-state index in [1.807, 2.05) is 0 Å². The van der Waals surface area contributed by atoms with Crippen molar-refractivity contribution in [3.8, 4) is 0 Å². The normalized spacial score (nSPS) is 13.9. The van der Waals surface area contributed by atoms with E-state index in [0.717, 1.165) is 51.7 Å². The summed E-state index contributed by atoms with van der Waals surface area (Å²) in [5, 5.41) is 3.42. The molecule has 1 aromatic rings. The molecule has 0 radical (unpaired) electrons. The van der Waals surface area contributed by atoms with Crippen LogP contribution in [0.4, 0.5) is 5.69 Å². The molecule has 23 heavy (non-hydrogen) atoms. The third-order valence-electron chi connectivity index (χ3n) is 3.90. The molecule has 1 aliphatic heterocycles. The number of nitrogens with one attached hydrogen (secondary N) is 1. The van der Waals surface area contributed by atoms with E-state index in [2.05, 4.69) is 53.4 Å². The van der Waals surface area contributed by atoms with E-state index < -0.39 is 0 Å². The predicted octanol–water partition coefficient (Wildman–Crippen LogP) is 2.21. The predicted molar refractivity (Wildman–Crippen MR) is 108 cm³/mol. The summed E-state index contributed by atoms with van der Waals surface area (Å²) in [6, 6.07) is 8.59. The molecule has 1 heterocycles. The van der Waals surface area contributed by atoms with Crippen molar-refractivity contribution in [2.45, 2.75) is 13.3 Å². The molecule has 1 aliphatic rings. The van der Waals surface area contributed by atoms with Crippen LogP contribution >= 0.6 is 24.0 Å². The highest BCUT2D eigenvalue weighted by molar-refractivity contribution is 14.0. The van der Waals surface area contributed by atoms with E-state index in [4.69, 9.17) is 9.73 Å². The summed E-state index contributed by atoms with van der Waals surface area (Å²) in [5.74, 6) is 0.993. The molecule has 0 spiro atoms. The molecule has 0 amide bonds. The van der Waals surface area contributed by atoms with Gasteiger partial charge in [0.2, 0.25) is 0 Å². The zero-order valence-corrected chi connectivity index (χ0v) is 16.7. The molecule has 0 atom stereocenters. The van der Waals surface area contributed by atoms with Crippen LogP contribution in [0.2, 0.25) is 0 Å². The van der Waals surface area contributed by atoms with E-state index in [0.29, 0.717) is 0 Å². The lowest BCUT2D eigenvalue weighted by Crippen LogP contribution is -2.41. The highest BCUT2D eigenvalue weighted by Gasteiger charge is 2.22. The van der Waals surface area contributed by atoms with Crippen LogP contribution in [0.5, 0.6) is 0 Å². The number of anilines is 1. The molecule has 0 fully saturated rings. The van der Waals surface area contributed by atoms with Gasteiger partial charge in [0.15, 0.2) is 5.96 Å². The second-order valence-electron chi connectivity index (χ2n) is 5.56. The highest BCUT2D eigenvalue weighted by atomic mass is 127. The number of hydrogen-bond acceptors (Lipinski definition) is 3. The average molecular weight is 432 g/mol. The monoisotopic (exact) mass is 432 g/mol. The van der Waals surface area contributed by atoms with E-state index in [1.165, 1.54) is 11.3 Å². The van der Waals surface area contributed by atoms with Gasteiger partial charge in [-0.2, -0.15) is 0 Å². The lowest BCUT2D eigenvalue weighted by Gasteiger charge is -2.23. The number of rotatable bonds is 7. The summed E-state index contributed by atoms with van der Waals surface area (Å²) in [6.45, 7) is 7.44. The fourth-order valence-corrected chi connectivity index (χ4v) is 2.64. The third kappa shape index (κ3) is 5.93. The summed E-state index contributed by atoms with van der Waals surface area (Å²) in [7, 11) is 3.84. The first-order valence-corrected chi connectivity index (χ1v) is 8.07. The van der Waals surface area contributed by atoms with Crippen LogP contribution < -0.4 is 10.2 Å². The lowest BCUT2D eigenvalue weighted by atomic mass is 10.2. The Morgan fingerprint density at radius 2 is 2.13 bits per heavy atom. The third-order valence-corrected chi connectivity index (χ3v) is 3.90. The fraction of sp³-hybridized carbons (Fsp3) is 0.588. The number of nitrogens with zero attached hydrogens (tertiary/aromatic N) is 3. The highest BCUT2D eigenvalue weighted by Crippen LogP contribution is 2.27. The number of benzene rings is 1. The molecular formula is C17H29IN4O. The van der Waals surface area contributed by atoms with Crippen molar-refractivity contribution in [1.82, 2.24) is 10.2 Å². The number of ether oxygens (including phenoxy) is 1. The number of likely N-dealkylation sites (N-methyl/N-ethyl adjacent to an activating group) is 1. The molecule has 0 aliphatic carbocycles. The number of guanidine groups is 1. The largest absolute Gasteiger partial charge is 0.383 e. The van der Waals surface area contributed by atoms with Gasteiger partial charge in [0.25, 0.3) is 0 Å². The smallest absolute Gasteiger partial charge is 0.198 e. The minimum absolute atomic E-state index is 0. The van der Waals surface area contributed by atoms with Gasteiger partial charge in [0.05, 0.1) is 13.2 Å². The van der Waals surface area contributed by atoms with Gasteiger partial charge in [-0.3, -0.25) is 4.99 Å². The van der Waals surface area contributed by atoms with Crippen molar-refractivity contribution in [2.24, 2.45) is 4.99 Å². The van der Waals surface area contributed by atoms with Crippen LogP contribution in [0.15, 0.2) is 29.3 Å². The maximum Gasteiger partial charge on any atom is 0.198 e. The van der Waals surface area contributed by atoms with Gasteiger partial charge in [-0.25, -0.2) is 0 Å². The van der Waals surface area contributed by atoms with Crippen LogP contribution in [0.25, 0.3) is 0 Å². The Hall–Kier alpha value is -0.860. The Balaban J connectivity index is 0.00000264. The number of methoxy groups -OCH3 is 1. The van der Waals surface area contributed by atoms with Gasteiger partial charge in [-0.05, 0) is 32.0 Å². The van der Waals surface area contributed by atoms with Crippen molar-refractivity contribution >= 4 is 35.6 Å². The Labute approximate surface area is 157 Å². The maximum atomic E-state index is 5.10. The second-order valence-corrected chi connectivity index (χ2v) is 5.56. The number of halogens is 1. The molecule has 6 heteroatoms. The minimum atomic E-state index is 0. The molecule has 0 unspecified atom stereocenters. The molecule has 0 bridgehead atoms. The summed E-state index contributed by atoms with van der Waals surface area (Å²) < 4.78 is 5.10. The van der Waals surface area contributed by atoms with Crippen molar-refractivity contribution in [2.75, 3.05) is 58.4 Å². The summed E-state index contributed by atoms with van der Waals surface area (Å²) in [4.78, 5) is 9.34. The molecule has 0 saturated heterocycles. The molecular weight excluding hydrogens is 403 g/mol. The van der Waals surface area contributed by atoms with Crippen LogP contribution in [-0.4, -0.2) is 64.3 Å². The van der Waals surface area contributed by atoms with Crippen LogP contribution in [0.1, 0.15) is 12.5 Å². The minimum Gasteiger partial charge on any atom is -0.383 e. The van der Waals surface area contributed by atoms with Crippen LogP contribution in [0.3, 0.4) is 0 Å². The molecule has 1 aromatic carbocycles. The van der Waals surface area contributed by atoms with Crippen molar-refractivity contribution in [1.29, 1.82) is 0 Å². The molecule has 5 nitrogen and oxygen atoms in total. The number of aliphatic imine (C=N–C) groups is 1. The zero-order chi connectivity index (χ0) is 15.8. The molecule has 0 saturated carbocycles. The van der Waals surface area contributed by atoms with Crippen molar-refractivity contribution < 1.29 is 4.74 Å². The first-order valence-electron chi connectivity index (χ1n) is 8.07. The van der Waals surface area contributed by atoms with E-state index >= 15 is 0 Å². The van der Waals surface area contributed by atoms with Gasteiger partial charge in [-0.15, -0.1) is 24.0 Å². The Morgan fingerprint density at radius 3 is 2.87 bits per heavy atom. The zero-order valence-electron chi connectivity index (χ0n) is 14.4. The molecule has 1 N–H and O–H groups in total. The van der Waals surface area contributed by atoms with Gasteiger partial charge in [0.1, 0.15) is 0 Å². The van der Waals surface area contributed by atoms with Crippen LogP contribution in [0, 0.1) is 0 Å². The number of fused-ring (bicyclic) bond motifs is 1. The Bertz CT molecular complexity index is 495.